The summed E-state index contributed by atoms with van der Waals surface area (Å²) in [6.07, 6.45) is 1.89. The molecule has 0 spiro atoms. The first kappa shape index (κ1) is 16.0. The predicted molar refractivity (Wildman–Crippen MR) is 89.7 cm³/mol. The van der Waals surface area contributed by atoms with Gasteiger partial charge in [-0.1, -0.05) is 0 Å². The highest BCUT2D eigenvalue weighted by atomic mass is 16.7. The molecule has 0 bridgehead atoms. The van der Waals surface area contributed by atoms with Crippen LogP contribution in [0, 0.1) is 0 Å². The van der Waals surface area contributed by atoms with E-state index in [-0.39, 0.29) is 18.6 Å². The van der Waals surface area contributed by atoms with Gasteiger partial charge in [0.1, 0.15) is 0 Å². The smallest absolute Gasteiger partial charge is 0.254 e. The number of rotatable bonds is 4. The van der Waals surface area contributed by atoms with E-state index in [0.29, 0.717) is 43.4 Å². The van der Waals surface area contributed by atoms with Crippen molar-refractivity contribution < 1.29 is 19.0 Å². The van der Waals surface area contributed by atoms with Gasteiger partial charge in [0, 0.05) is 37.2 Å². The van der Waals surface area contributed by atoms with Gasteiger partial charge in [0.15, 0.2) is 11.5 Å². The molecule has 1 aromatic carbocycles. The largest absolute Gasteiger partial charge is 0.454 e. The number of fused-ring (bicyclic) bond motifs is 2. The first-order chi connectivity index (χ1) is 12.2. The quantitative estimate of drug-likeness (QED) is 0.849. The zero-order valence-electron chi connectivity index (χ0n) is 14.4. The van der Waals surface area contributed by atoms with Gasteiger partial charge in [-0.2, -0.15) is 5.10 Å². The average Bonchev–Trinajstić information content (AvgIpc) is 3.25. The lowest BCUT2D eigenvalue weighted by Gasteiger charge is -2.33. The van der Waals surface area contributed by atoms with Crippen molar-refractivity contribution in [3.63, 3.8) is 0 Å². The second kappa shape index (κ2) is 6.40. The maximum Gasteiger partial charge on any atom is 0.254 e. The molecule has 2 aliphatic rings. The first-order valence-corrected chi connectivity index (χ1v) is 8.44. The van der Waals surface area contributed by atoms with Gasteiger partial charge in [-0.15, -0.1) is 0 Å². The molecule has 0 saturated heterocycles. The molecule has 1 atom stereocenters. The lowest BCUT2D eigenvalue weighted by molar-refractivity contribution is 0.0648. The molecule has 0 saturated carbocycles. The van der Waals surface area contributed by atoms with Gasteiger partial charge in [-0.3, -0.25) is 9.48 Å². The molecule has 0 N–H and O–H groups in total. The molecule has 2 aromatic rings. The fourth-order valence-electron chi connectivity index (χ4n) is 3.39. The van der Waals surface area contributed by atoms with Crippen molar-refractivity contribution in [3.05, 3.63) is 41.2 Å². The molecule has 7 heteroatoms. The monoisotopic (exact) mass is 343 g/mol. The zero-order chi connectivity index (χ0) is 17.4. The van der Waals surface area contributed by atoms with Crippen LogP contribution in [-0.2, 0) is 18.3 Å². The Morgan fingerprint density at radius 3 is 3.04 bits per heavy atom. The van der Waals surface area contributed by atoms with Crippen molar-refractivity contribution >= 4 is 5.91 Å². The van der Waals surface area contributed by atoms with E-state index in [9.17, 15) is 4.79 Å². The van der Waals surface area contributed by atoms with Crippen LogP contribution in [-0.4, -0.2) is 47.1 Å². The Labute approximate surface area is 146 Å². The zero-order valence-corrected chi connectivity index (χ0v) is 14.4. The summed E-state index contributed by atoms with van der Waals surface area (Å²) in [6.45, 7) is 4.57. The lowest BCUT2D eigenvalue weighted by Crippen LogP contribution is -2.40. The summed E-state index contributed by atoms with van der Waals surface area (Å²) < 4.78 is 18.2. The number of aryl methyl sites for hydroxylation is 1. The van der Waals surface area contributed by atoms with Crippen LogP contribution in [0.2, 0.25) is 0 Å². The maximum atomic E-state index is 13.0. The van der Waals surface area contributed by atoms with Gasteiger partial charge in [-0.05, 0) is 25.1 Å². The van der Waals surface area contributed by atoms with Crippen molar-refractivity contribution in [2.45, 2.75) is 19.4 Å². The second-order valence-electron chi connectivity index (χ2n) is 6.28. The van der Waals surface area contributed by atoms with E-state index in [0.717, 1.165) is 5.69 Å². The average molecular weight is 343 g/mol. The number of hydrogen-bond acceptors (Lipinski definition) is 5. The topological polar surface area (TPSA) is 65.8 Å². The molecule has 0 fully saturated rings. The summed E-state index contributed by atoms with van der Waals surface area (Å²) in [7, 11) is 1.91. The summed E-state index contributed by atoms with van der Waals surface area (Å²) in [6, 6.07) is 5.32. The minimum Gasteiger partial charge on any atom is -0.454 e. The third kappa shape index (κ3) is 2.84. The number of ether oxygens (including phenoxy) is 3. The van der Waals surface area contributed by atoms with Crippen molar-refractivity contribution in [2.24, 2.45) is 7.05 Å². The van der Waals surface area contributed by atoms with E-state index in [1.54, 1.807) is 18.2 Å². The molecule has 1 amide bonds. The predicted octanol–water partition coefficient (Wildman–Crippen LogP) is 1.92. The Morgan fingerprint density at radius 1 is 1.36 bits per heavy atom. The molecule has 2 aliphatic heterocycles. The fraction of sp³-hybridized carbons (Fsp3) is 0.444. The van der Waals surface area contributed by atoms with Gasteiger partial charge in [0.2, 0.25) is 6.79 Å². The Balaban J connectivity index is 1.60. The van der Waals surface area contributed by atoms with Crippen LogP contribution in [0.5, 0.6) is 11.5 Å². The van der Waals surface area contributed by atoms with E-state index in [2.05, 4.69) is 5.10 Å². The number of amides is 1. The Hall–Kier alpha value is -2.54. The summed E-state index contributed by atoms with van der Waals surface area (Å²) in [4.78, 5) is 14.9. The van der Waals surface area contributed by atoms with Gasteiger partial charge in [0.25, 0.3) is 5.91 Å². The Kier molecular flexibility index (Phi) is 4.09. The normalized spacial score (nSPS) is 18.3. The summed E-state index contributed by atoms with van der Waals surface area (Å²) in [5.74, 6) is 1.41. The molecule has 3 heterocycles. The third-order valence-electron chi connectivity index (χ3n) is 4.74. The first-order valence-electron chi connectivity index (χ1n) is 8.44. The van der Waals surface area contributed by atoms with Crippen molar-refractivity contribution in [1.29, 1.82) is 0 Å². The second-order valence-corrected chi connectivity index (χ2v) is 6.28. The van der Waals surface area contributed by atoms with Gasteiger partial charge in [0.05, 0.1) is 25.0 Å². The third-order valence-corrected chi connectivity index (χ3v) is 4.74. The Morgan fingerprint density at radius 2 is 2.20 bits per heavy atom. The number of nitrogens with zero attached hydrogens (tertiary/aromatic N) is 3. The molecule has 25 heavy (non-hydrogen) atoms. The lowest BCUT2D eigenvalue weighted by atomic mass is 9.95. The highest BCUT2D eigenvalue weighted by Crippen LogP contribution is 2.34. The molecule has 132 valence electrons. The number of carbonyl (C=O) groups excluding carboxylic acids is 1. The molecule has 0 radical (unpaired) electrons. The van der Waals surface area contributed by atoms with Crippen molar-refractivity contribution in [1.82, 2.24) is 14.7 Å². The SMILES string of the molecule is CCOCC1CN(C(=O)c2ccc3c(c2)OCO3)Cc2c1cnn2C. The maximum absolute atomic E-state index is 13.0. The molecular formula is C18H21N3O4. The van der Waals surface area contributed by atoms with Crippen LogP contribution in [0.4, 0.5) is 0 Å². The minimum absolute atomic E-state index is 0.0216. The Bertz CT molecular complexity index is 802. The van der Waals surface area contributed by atoms with E-state index < -0.39 is 0 Å². The van der Waals surface area contributed by atoms with E-state index in [4.69, 9.17) is 14.2 Å². The van der Waals surface area contributed by atoms with Gasteiger partial charge < -0.3 is 19.1 Å². The number of hydrogen-bond donors (Lipinski definition) is 0. The number of benzene rings is 1. The minimum atomic E-state index is -0.0216. The number of aromatic nitrogens is 2. The van der Waals surface area contributed by atoms with Crippen molar-refractivity contribution in [2.75, 3.05) is 26.6 Å². The van der Waals surface area contributed by atoms with Gasteiger partial charge >= 0.3 is 0 Å². The standard InChI is InChI=1S/C18H21N3O4/c1-3-23-10-13-8-21(9-15-14(13)7-19-20(15)2)18(22)12-4-5-16-17(6-12)25-11-24-16/h4-7,13H,3,8-11H2,1-2H3. The molecule has 7 nitrogen and oxygen atoms in total. The number of carbonyl (C=O) groups is 1. The molecule has 1 aromatic heterocycles. The summed E-state index contributed by atoms with van der Waals surface area (Å²) >= 11 is 0. The van der Waals surface area contributed by atoms with Crippen LogP contribution < -0.4 is 9.47 Å². The van der Waals surface area contributed by atoms with E-state index in [1.807, 2.05) is 29.7 Å². The highest BCUT2D eigenvalue weighted by molar-refractivity contribution is 5.95. The molecule has 1 unspecified atom stereocenters. The van der Waals surface area contributed by atoms with E-state index >= 15 is 0 Å². The van der Waals surface area contributed by atoms with Crippen LogP contribution in [0.1, 0.15) is 34.5 Å². The highest BCUT2D eigenvalue weighted by Gasteiger charge is 2.31. The van der Waals surface area contributed by atoms with Crippen LogP contribution in [0.3, 0.4) is 0 Å². The van der Waals surface area contributed by atoms with Gasteiger partial charge in [-0.25, -0.2) is 0 Å². The van der Waals surface area contributed by atoms with Crippen LogP contribution in [0.25, 0.3) is 0 Å². The van der Waals surface area contributed by atoms with Crippen molar-refractivity contribution in [3.8, 4) is 11.5 Å². The van der Waals surface area contributed by atoms with Crippen LogP contribution in [0.15, 0.2) is 24.4 Å². The van der Waals surface area contributed by atoms with Crippen LogP contribution >= 0.6 is 0 Å². The fourth-order valence-corrected chi connectivity index (χ4v) is 3.39. The summed E-state index contributed by atoms with van der Waals surface area (Å²) in [5.41, 5.74) is 2.83. The molecule has 0 aliphatic carbocycles. The van der Waals surface area contributed by atoms with E-state index in [1.165, 1.54) is 5.56 Å². The molecule has 4 rings (SSSR count). The molecular weight excluding hydrogens is 322 g/mol. The summed E-state index contributed by atoms with van der Waals surface area (Å²) in [5, 5.41) is 4.36.